The molecule has 0 atom stereocenters. The van der Waals surface area contributed by atoms with Crippen molar-refractivity contribution in [2.45, 2.75) is 143 Å². The van der Waals surface area contributed by atoms with E-state index in [9.17, 15) is 0 Å². The maximum atomic E-state index is 2.36. The van der Waals surface area contributed by atoms with E-state index in [1.165, 1.54) is 129 Å². The number of aromatic nitrogens is 2. The summed E-state index contributed by atoms with van der Waals surface area (Å²) in [5.74, 6) is 0. The first-order valence-electron chi connectivity index (χ1n) is 12.4. The molecule has 1 rings (SSSR count). The summed E-state index contributed by atoms with van der Waals surface area (Å²) < 4.78 is 4.69. The van der Waals surface area contributed by atoms with Gasteiger partial charge in [-0.15, -0.1) is 0 Å². The van der Waals surface area contributed by atoms with Gasteiger partial charge in [0.2, 0.25) is 6.33 Å². The fourth-order valence-electron chi connectivity index (χ4n) is 3.89. The second-order valence-electron chi connectivity index (χ2n) is 8.55. The summed E-state index contributed by atoms with van der Waals surface area (Å²) >= 11 is 0. The zero-order valence-electron chi connectivity index (χ0n) is 18.8. The zero-order valence-corrected chi connectivity index (χ0v) is 18.8. The van der Waals surface area contributed by atoms with Crippen LogP contribution in [0.15, 0.2) is 18.7 Å². The average molecular weight is 378 g/mol. The van der Waals surface area contributed by atoms with E-state index in [0.717, 1.165) is 0 Å². The van der Waals surface area contributed by atoms with E-state index in [1.807, 2.05) is 0 Å². The topological polar surface area (TPSA) is 8.81 Å². The van der Waals surface area contributed by atoms with Gasteiger partial charge in [0, 0.05) is 0 Å². The van der Waals surface area contributed by atoms with E-state index in [0.29, 0.717) is 0 Å². The Labute approximate surface area is 170 Å². The van der Waals surface area contributed by atoms with Gasteiger partial charge in [0.05, 0.1) is 13.1 Å². The zero-order chi connectivity index (χ0) is 19.4. The Morgan fingerprint density at radius 1 is 0.556 bits per heavy atom. The van der Waals surface area contributed by atoms with E-state index in [1.54, 1.807) is 0 Å². The van der Waals surface area contributed by atoms with Crippen LogP contribution in [0.2, 0.25) is 0 Å². The van der Waals surface area contributed by atoms with Gasteiger partial charge in [0.1, 0.15) is 12.4 Å². The molecule has 0 aliphatic carbocycles. The summed E-state index contributed by atoms with van der Waals surface area (Å²) in [4.78, 5) is 0. The number of rotatable bonds is 20. The third kappa shape index (κ3) is 14.9. The minimum Gasteiger partial charge on any atom is -0.237 e. The number of nitrogens with zero attached hydrogens (tertiary/aromatic N) is 2. The SMILES string of the molecule is CCCCCCCCCCCCCCCCCCn1cc[n+](CCCC)c1. The van der Waals surface area contributed by atoms with Crippen molar-refractivity contribution in [2.24, 2.45) is 0 Å². The minimum absolute atomic E-state index is 1.17. The van der Waals surface area contributed by atoms with E-state index in [2.05, 4.69) is 41.7 Å². The van der Waals surface area contributed by atoms with Gasteiger partial charge in [-0.05, 0) is 19.3 Å². The molecule has 1 aromatic rings. The standard InChI is InChI=1S/C25H49N2/c1-3-5-7-8-9-10-11-12-13-14-15-16-17-18-19-20-22-27-24-23-26(25-27)21-6-4-2/h23-25H,3-22H2,1-2H3/q+1. The van der Waals surface area contributed by atoms with Gasteiger partial charge in [-0.1, -0.05) is 110 Å². The lowest BCUT2D eigenvalue weighted by Gasteiger charge is -2.03. The Balaban J connectivity index is 1.77. The second-order valence-corrected chi connectivity index (χ2v) is 8.55. The van der Waals surface area contributed by atoms with Crippen molar-refractivity contribution in [3.63, 3.8) is 0 Å². The summed E-state index contributed by atoms with van der Waals surface area (Å²) in [5.41, 5.74) is 0. The van der Waals surface area contributed by atoms with Crippen LogP contribution in [0, 0.1) is 0 Å². The lowest BCUT2D eigenvalue weighted by atomic mass is 10.0. The van der Waals surface area contributed by atoms with Crippen LogP contribution >= 0.6 is 0 Å². The molecule has 1 heterocycles. The van der Waals surface area contributed by atoms with E-state index in [4.69, 9.17) is 0 Å². The fraction of sp³-hybridized carbons (Fsp3) is 0.880. The molecule has 1 aromatic heterocycles. The van der Waals surface area contributed by atoms with Crippen LogP contribution in [-0.4, -0.2) is 4.57 Å². The Kier molecular flexibility index (Phi) is 16.7. The largest absolute Gasteiger partial charge is 0.243 e. The monoisotopic (exact) mass is 377 g/mol. The molecule has 2 nitrogen and oxygen atoms in total. The smallest absolute Gasteiger partial charge is 0.237 e. The molecule has 158 valence electrons. The highest BCUT2D eigenvalue weighted by Gasteiger charge is 2.02. The molecule has 0 saturated heterocycles. The highest BCUT2D eigenvalue weighted by atomic mass is 15.1. The number of unbranched alkanes of at least 4 members (excludes halogenated alkanes) is 16. The van der Waals surface area contributed by atoms with Crippen molar-refractivity contribution in [3.05, 3.63) is 18.7 Å². The molecule has 0 radical (unpaired) electrons. The molecule has 0 spiro atoms. The van der Waals surface area contributed by atoms with Gasteiger partial charge in [0.25, 0.3) is 0 Å². The van der Waals surface area contributed by atoms with Gasteiger partial charge >= 0.3 is 0 Å². The van der Waals surface area contributed by atoms with Gasteiger partial charge in [-0.2, -0.15) is 0 Å². The number of imidazole rings is 1. The Morgan fingerprint density at radius 2 is 1.00 bits per heavy atom. The Hall–Kier alpha value is -0.790. The molecule has 0 aliphatic heterocycles. The number of hydrogen-bond acceptors (Lipinski definition) is 0. The minimum atomic E-state index is 1.17. The van der Waals surface area contributed by atoms with Gasteiger partial charge in [-0.3, -0.25) is 0 Å². The third-order valence-corrected chi connectivity index (χ3v) is 5.79. The molecular weight excluding hydrogens is 328 g/mol. The first kappa shape index (κ1) is 24.2. The quantitative estimate of drug-likeness (QED) is 0.162. The van der Waals surface area contributed by atoms with Crippen molar-refractivity contribution in [3.8, 4) is 0 Å². The summed E-state index contributed by atoms with van der Waals surface area (Å²) in [5, 5.41) is 0. The maximum absolute atomic E-state index is 2.36. The molecule has 0 amide bonds. The normalized spacial score (nSPS) is 11.3. The van der Waals surface area contributed by atoms with Crippen LogP contribution < -0.4 is 4.57 Å². The lowest BCUT2D eigenvalue weighted by molar-refractivity contribution is -0.696. The fourth-order valence-corrected chi connectivity index (χ4v) is 3.89. The highest BCUT2D eigenvalue weighted by Crippen LogP contribution is 2.13. The van der Waals surface area contributed by atoms with Gasteiger partial charge in [0.15, 0.2) is 0 Å². The van der Waals surface area contributed by atoms with E-state index >= 15 is 0 Å². The summed E-state index contributed by atoms with van der Waals surface area (Å²) in [6, 6.07) is 0. The molecular formula is C25H49N2+. The molecule has 0 saturated carbocycles. The second kappa shape index (κ2) is 18.6. The predicted octanol–water partition coefficient (Wildman–Crippen LogP) is 7.84. The van der Waals surface area contributed by atoms with Crippen molar-refractivity contribution < 1.29 is 4.57 Å². The average Bonchev–Trinajstić information content (AvgIpc) is 3.13. The summed E-state index contributed by atoms with van der Waals surface area (Å²) in [7, 11) is 0. The van der Waals surface area contributed by atoms with Crippen molar-refractivity contribution in [2.75, 3.05) is 0 Å². The lowest BCUT2D eigenvalue weighted by Crippen LogP contribution is -2.30. The molecule has 27 heavy (non-hydrogen) atoms. The van der Waals surface area contributed by atoms with Crippen LogP contribution in [-0.2, 0) is 13.1 Å². The number of hydrogen-bond donors (Lipinski definition) is 0. The molecule has 0 fully saturated rings. The first-order valence-corrected chi connectivity index (χ1v) is 12.4. The van der Waals surface area contributed by atoms with E-state index < -0.39 is 0 Å². The van der Waals surface area contributed by atoms with Crippen molar-refractivity contribution in [1.82, 2.24) is 4.57 Å². The Bertz CT molecular complexity index is 410. The van der Waals surface area contributed by atoms with Crippen LogP contribution in [0.5, 0.6) is 0 Å². The van der Waals surface area contributed by atoms with Gasteiger partial charge in [-0.25, -0.2) is 9.13 Å². The molecule has 0 aliphatic rings. The van der Waals surface area contributed by atoms with Crippen LogP contribution in [0.4, 0.5) is 0 Å². The van der Waals surface area contributed by atoms with Crippen LogP contribution in [0.25, 0.3) is 0 Å². The number of aryl methyl sites for hydroxylation is 2. The maximum Gasteiger partial charge on any atom is 0.243 e. The Morgan fingerprint density at radius 3 is 1.48 bits per heavy atom. The van der Waals surface area contributed by atoms with Crippen LogP contribution in [0.3, 0.4) is 0 Å². The highest BCUT2D eigenvalue weighted by molar-refractivity contribution is 4.66. The van der Waals surface area contributed by atoms with E-state index in [-0.39, 0.29) is 0 Å². The molecule has 0 bridgehead atoms. The van der Waals surface area contributed by atoms with Crippen molar-refractivity contribution >= 4 is 0 Å². The van der Waals surface area contributed by atoms with Gasteiger partial charge < -0.3 is 0 Å². The van der Waals surface area contributed by atoms with Crippen LogP contribution in [0.1, 0.15) is 129 Å². The molecule has 2 heteroatoms. The predicted molar refractivity (Wildman–Crippen MR) is 119 cm³/mol. The molecule has 0 aromatic carbocycles. The summed E-state index contributed by atoms with van der Waals surface area (Å²) in [6.45, 7) is 6.92. The third-order valence-electron chi connectivity index (χ3n) is 5.79. The first-order chi connectivity index (χ1) is 13.4. The molecule has 0 N–H and O–H groups in total. The summed E-state index contributed by atoms with van der Waals surface area (Å²) in [6.07, 6.45) is 32.4. The van der Waals surface area contributed by atoms with Crippen molar-refractivity contribution in [1.29, 1.82) is 0 Å². The molecule has 0 unspecified atom stereocenters.